The Kier molecular flexibility index (Phi) is 3.50. The van der Waals surface area contributed by atoms with Crippen LogP contribution in [0.15, 0.2) is 18.2 Å². The highest BCUT2D eigenvalue weighted by Gasteiger charge is 2.36. The highest BCUT2D eigenvalue weighted by atomic mass is 35.5. The lowest BCUT2D eigenvalue weighted by Gasteiger charge is -2.21. The lowest BCUT2D eigenvalue weighted by molar-refractivity contribution is -0.116. The number of carbonyl (C=O) groups is 2. The Balaban J connectivity index is 1.98. The standard InChI is InChI=1S/C16H15ClN6O2/c1-18-16(25)14-11-7(6-10(24)19-15(11)21-20-14)13-12-8(17)4-3-5-9(12)23(2)22-13/h3-5,7H,6H2,1-2H3,(H,18,25)(H2,19,20,21,24)/t7-/m1/s1. The van der Waals surface area contributed by atoms with Crippen molar-refractivity contribution in [1.29, 1.82) is 0 Å². The van der Waals surface area contributed by atoms with Gasteiger partial charge in [-0.3, -0.25) is 19.4 Å². The van der Waals surface area contributed by atoms with Gasteiger partial charge in [0, 0.05) is 37.4 Å². The number of aromatic nitrogens is 4. The minimum Gasteiger partial charge on any atom is -0.354 e. The average molecular weight is 359 g/mol. The van der Waals surface area contributed by atoms with E-state index < -0.39 is 5.92 Å². The summed E-state index contributed by atoms with van der Waals surface area (Å²) in [5.74, 6) is -0.552. The summed E-state index contributed by atoms with van der Waals surface area (Å²) in [7, 11) is 3.36. The second-order valence-electron chi connectivity index (χ2n) is 5.89. The van der Waals surface area contributed by atoms with Crippen molar-refractivity contribution < 1.29 is 9.59 Å². The summed E-state index contributed by atoms with van der Waals surface area (Å²) in [4.78, 5) is 24.3. The molecule has 25 heavy (non-hydrogen) atoms. The lowest BCUT2D eigenvalue weighted by Crippen LogP contribution is -2.27. The molecule has 0 radical (unpaired) electrons. The molecule has 0 bridgehead atoms. The normalized spacial score (nSPS) is 16.6. The predicted octanol–water partition coefficient (Wildman–Crippen LogP) is 1.78. The zero-order valence-electron chi connectivity index (χ0n) is 13.6. The van der Waals surface area contributed by atoms with E-state index in [1.807, 2.05) is 19.2 Å². The van der Waals surface area contributed by atoms with Gasteiger partial charge >= 0.3 is 0 Å². The highest BCUT2D eigenvalue weighted by molar-refractivity contribution is 6.35. The smallest absolute Gasteiger partial charge is 0.269 e. The molecule has 2 amide bonds. The first-order valence-corrected chi connectivity index (χ1v) is 8.10. The van der Waals surface area contributed by atoms with Gasteiger partial charge in [-0.1, -0.05) is 17.7 Å². The number of hydrogen-bond donors (Lipinski definition) is 3. The van der Waals surface area contributed by atoms with E-state index in [2.05, 4.69) is 25.9 Å². The fourth-order valence-electron chi connectivity index (χ4n) is 3.33. The molecule has 0 unspecified atom stereocenters. The Hall–Kier alpha value is -2.87. The summed E-state index contributed by atoms with van der Waals surface area (Å²) < 4.78 is 1.72. The molecule has 0 saturated heterocycles. The van der Waals surface area contributed by atoms with Crippen LogP contribution in [0.5, 0.6) is 0 Å². The summed E-state index contributed by atoms with van der Waals surface area (Å²) >= 11 is 6.41. The maximum Gasteiger partial charge on any atom is 0.269 e. The molecule has 1 atom stereocenters. The van der Waals surface area contributed by atoms with Gasteiger partial charge in [-0.05, 0) is 12.1 Å². The number of anilines is 1. The number of nitrogens with zero attached hydrogens (tertiary/aromatic N) is 3. The van der Waals surface area contributed by atoms with E-state index in [-0.39, 0.29) is 18.2 Å². The van der Waals surface area contributed by atoms with Gasteiger partial charge in [0.25, 0.3) is 5.91 Å². The van der Waals surface area contributed by atoms with E-state index in [1.54, 1.807) is 17.8 Å². The van der Waals surface area contributed by atoms with Gasteiger partial charge in [0.1, 0.15) is 5.69 Å². The Morgan fingerprint density at radius 2 is 2.24 bits per heavy atom. The molecule has 128 valence electrons. The fourth-order valence-corrected chi connectivity index (χ4v) is 3.60. The molecular weight excluding hydrogens is 344 g/mol. The van der Waals surface area contributed by atoms with Gasteiger partial charge in [-0.2, -0.15) is 10.2 Å². The molecule has 3 aromatic rings. The first-order chi connectivity index (χ1) is 12.0. The molecule has 4 rings (SSSR count). The Bertz CT molecular complexity index is 1020. The molecule has 1 aromatic carbocycles. The van der Waals surface area contributed by atoms with Crippen molar-refractivity contribution in [2.45, 2.75) is 12.3 Å². The van der Waals surface area contributed by atoms with Gasteiger partial charge < -0.3 is 10.6 Å². The Morgan fingerprint density at radius 3 is 3.00 bits per heavy atom. The predicted molar refractivity (Wildman–Crippen MR) is 92.8 cm³/mol. The van der Waals surface area contributed by atoms with Crippen LogP contribution < -0.4 is 10.6 Å². The molecule has 9 heteroatoms. The average Bonchev–Trinajstić information content (AvgIpc) is 3.16. The lowest BCUT2D eigenvalue weighted by atomic mass is 9.87. The number of aromatic amines is 1. The summed E-state index contributed by atoms with van der Waals surface area (Å²) in [5.41, 5.74) is 2.46. The van der Waals surface area contributed by atoms with Crippen LogP contribution in [0.3, 0.4) is 0 Å². The van der Waals surface area contributed by atoms with Gasteiger partial charge in [0.05, 0.1) is 16.2 Å². The molecule has 1 aliphatic rings. The molecule has 3 heterocycles. The quantitative estimate of drug-likeness (QED) is 0.649. The van der Waals surface area contributed by atoms with Crippen molar-refractivity contribution in [2.24, 2.45) is 7.05 Å². The summed E-state index contributed by atoms with van der Waals surface area (Å²) in [6.45, 7) is 0. The third-order valence-electron chi connectivity index (χ3n) is 4.44. The maximum atomic E-state index is 12.2. The van der Waals surface area contributed by atoms with Crippen LogP contribution in [0.1, 0.15) is 34.1 Å². The van der Waals surface area contributed by atoms with E-state index in [4.69, 9.17) is 11.6 Å². The van der Waals surface area contributed by atoms with Crippen molar-refractivity contribution in [2.75, 3.05) is 12.4 Å². The van der Waals surface area contributed by atoms with Crippen LogP contribution in [0, 0.1) is 0 Å². The SMILES string of the molecule is CNC(=O)c1[nH]nc2c1[C@H](c1nn(C)c3cccc(Cl)c13)CC(=O)N2. The second-order valence-corrected chi connectivity index (χ2v) is 6.29. The van der Waals surface area contributed by atoms with Crippen LogP contribution in [0.2, 0.25) is 5.02 Å². The van der Waals surface area contributed by atoms with Crippen LogP contribution in [-0.4, -0.2) is 38.8 Å². The minimum atomic E-state index is -0.418. The minimum absolute atomic E-state index is 0.161. The third-order valence-corrected chi connectivity index (χ3v) is 4.75. The Labute approximate surface area is 147 Å². The highest BCUT2D eigenvalue weighted by Crippen LogP contribution is 2.41. The van der Waals surface area contributed by atoms with E-state index in [0.29, 0.717) is 27.8 Å². The number of aryl methyl sites for hydroxylation is 1. The van der Waals surface area contributed by atoms with E-state index in [9.17, 15) is 9.59 Å². The number of carbonyl (C=O) groups excluding carboxylic acids is 2. The van der Waals surface area contributed by atoms with Crippen LogP contribution in [-0.2, 0) is 11.8 Å². The van der Waals surface area contributed by atoms with Crippen molar-refractivity contribution in [3.05, 3.63) is 40.2 Å². The number of halogens is 1. The topological polar surface area (TPSA) is 105 Å². The largest absolute Gasteiger partial charge is 0.354 e. The van der Waals surface area contributed by atoms with E-state index in [1.165, 1.54) is 0 Å². The fraction of sp³-hybridized carbons (Fsp3) is 0.250. The van der Waals surface area contributed by atoms with Crippen molar-refractivity contribution in [3.8, 4) is 0 Å². The monoisotopic (exact) mass is 358 g/mol. The van der Waals surface area contributed by atoms with E-state index in [0.717, 1.165) is 10.9 Å². The van der Waals surface area contributed by atoms with Crippen molar-refractivity contribution >= 4 is 40.1 Å². The second kappa shape index (κ2) is 5.59. The molecular formula is C16H15ClN6O2. The van der Waals surface area contributed by atoms with Crippen LogP contribution >= 0.6 is 11.6 Å². The third kappa shape index (κ3) is 2.29. The maximum absolute atomic E-state index is 12.2. The zero-order chi connectivity index (χ0) is 17.7. The summed E-state index contributed by atoms with van der Waals surface area (Å²) in [6, 6.07) is 5.55. The first kappa shape index (κ1) is 15.6. The van der Waals surface area contributed by atoms with Crippen LogP contribution in [0.4, 0.5) is 5.82 Å². The summed E-state index contributed by atoms with van der Waals surface area (Å²) in [5, 5.41) is 18.0. The molecule has 0 fully saturated rings. The molecule has 0 spiro atoms. The zero-order valence-corrected chi connectivity index (χ0v) is 14.3. The van der Waals surface area contributed by atoms with Gasteiger partial charge in [-0.15, -0.1) is 0 Å². The Morgan fingerprint density at radius 1 is 1.44 bits per heavy atom. The van der Waals surface area contributed by atoms with Crippen LogP contribution in [0.25, 0.3) is 10.9 Å². The van der Waals surface area contributed by atoms with Crippen molar-refractivity contribution in [3.63, 3.8) is 0 Å². The van der Waals surface area contributed by atoms with Gasteiger partial charge in [0.15, 0.2) is 5.82 Å². The molecule has 0 aliphatic carbocycles. The molecule has 1 aliphatic heterocycles. The number of amides is 2. The number of fused-ring (bicyclic) bond motifs is 2. The number of H-pyrrole nitrogens is 1. The summed E-state index contributed by atoms with van der Waals surface area (Å²) in [6.07, 6.45) is 0.161. The number of hydrogen-bond acceptors (Lipinski definition) is 4. The van der Waals surface area contributed by atoms with Crippen molar-refractivity contribution in [1.82, 2.24) is 25.3 Å². The number of benzene rings is 1. The number of rotatable bonds is 2. The molecule has 3 N–H and O–H groups in total. The molecule has 8 nitrogen and oxygen atoms in total. The van der Waals surface area contributed by atoms with Gasteiger partial charge in [0.2, 0.25) is 5.91 Å². The molecule has 0 saturated carbocycles. The van der Waals surface area contributed by atoms with E-state index >= 15 is 0 Å². The number of nitrogens with one attached hydrogen (secondary N) is 3. The first-order valence-electron chi connectivity index (χ1n) is 7.72. The van der Waals surface area contributed by atoms with Gasteiger partial charge in [-0.25, -0.2) is 0 Å². The molecule has 2 aromatic heterocycles.